The van der Waals surface area contributed by atoms with Crippen LogP contribution in [0.25, 0.3) is 6.08 Å². The smallest absolute Gasteiger partial charge is 0.455 e. The highest BCUT2D eigenvalue weighted by molar-refractivity contribution is 6.99. The van der Waals surface area contributed by atoms with E-state index in [1.54, 1.807) is 18.2 Å². The number of carbonyl (C=O) groups is 2. The molecule has 0 aromatic heterocycles. The summed E-state index contributed by atoms with van der Waals surface area (Å²) < 4.78 is 28.1. The number of anilines is 3. The summed E-state index contributed by atoms with van der Waals surface area (Å²) in [6, 6.07) is 42.2. The topological polar surface area (TPSA) is 108 Å². The molecule has 2 amide bonds. The van der Waals surface area contributed by atoms with Gasteiger partial charge in [-0.3, -0.25) is 14.5 Å². The molecular weight excluding hydrogens is 782 g/mol. The Bertz CT molecular complexity index is 2400. The minimum atomic E-state index is -3.03. The van der Waals surface area contributed by atoms with Crippen molar-refractivity contribution in [3.63, 3.8) is 0 Å². The standard InChI is InChI=1S/C50H52BFN2O6Si/c1-33(28-34-21-26-44(55)43(52)29-34)20-27-45-46-35(32-59-61(50(2,3)4,39-16-10-6-11-17-39)40-18-12-7-13-19-40)30-41-47(42(46)31-51(58)60-45)49(57)54(48(41)56)38-24-22-37(23-25-38)53-36-14-8-5-9-15-36/h5-19,21-26,28-29,41-42,45,47,53,55,58H,20,27,30-32H2,1-4H3/b33-28+/t41-,42+,45-,47-/m1/s1. The Balaban J connectivity index is 1.16. The Kier molecular flexibility index (Phi) is 12.0. The molecule has 0 saturated carbocycles. The molecule has 2 fully saturated rings. The molecule has 5 aromatic rings. The summed E-state index contributed by atoms with van der Waals surface area (Å²) in [7, 11) is -4.17. The highest BCUT2D eigenvalue weighted by Gasteiger charge is 2.58. The van der Waals surface area contributed by atoms with E-state index in [4.69, 9.17) is 9.08 Å². The number of phenolic OH excluding ortho intramolecular Hbond substituents is 1. The Morgan fingerprint density at radius 3 is 2.08 bits per heavy atom. The van der Waals surface area contributed by atoms with Gasteiger partial charge in [-0.25, -0.2) is 4.39 Å². The number of aromatic hydroxyl groups is 1. The van der Waals surface area contributed by atoms with E-state index in [-0.39, 0.29) is 29.8 Å². The quantitative estimate of drug-likeness (QED) is 0.0655. The Hall–Kier alpha value is -5.59. The second-order valence-electron chi connectivity index (χ2n) is 17.6. The monoisotopic (exact) mass is 834 g/mol. The van der Waals surface area contributed by atoms with Gasteiger partial charge in [0.25, 0.3) is 8.32 Å². The number of nitrogens with one attached hydrogen (secondary N) is 1. The number of benzene rings is 5. The van der Waals surface area contributed by atoms with Gasteiger partial charge in [-0.15, -0.1) is 0 Å². The van der Waals surface area contributed by atoms with Crippen molar-refractivity contribution in [1.29, 1.82) is 0 Å². The summed E-state index contributed by atoms with van der Waals surface area (Å²) in [5.41, 5.74) is 5.69. The molecule has 2 aliphatic heterocycles. The molecular formula is C50H52BFN2O6Si. The van der Waals surface area contributed by atoms with E-state index in [2.05, 4.69) is 74.6 Å². The number of carbonyl (C=O) groups excluding carboxylic acids is 2. The number of halogens is 1. The molecule has 8 rings (SSSR count). The van der Waals surface area contributed by atoms with Crippen LogP contribution in [0.5, 0.6) is 5.75 Å². The third kappa shape index (κ3) is 8.40. The molecule has 4 atom stereocenters. The molecule has 0 spiro atoms. The second-order valence-corrected chi connectivity index (χ2v) is 21.9. The summed E-state index contributed by atoms with van der Waals surface area (Å²) in [6.45, 7) is 8.86. The van der Waals surface area contributed by atoms with Gasteiger partial charge in [0.05, 0.1) is 30.2 Å². The zero-order chi connectivity index (χ0) is 42.9. The Labute approximate surface area is 359 Å². The molecule has 1 aliphatic carbocycles. The number of amides is 2. The van der Waals surface area contributed by atoms with Crippen LogP contribution in [0.15, 0.2) is 150 Å². The SMILES string of the molecule is C/C(=C\c1ccc(O)c(F)c1)CC[C@H]1OB(O)C[C@H]2C1=C(CO[Si](c1ccccc1)(c1ccccc1)C(C)(C)C)C[C@H]1C(=O)N(c3ccc(Nc4ccccc4)cc3)C(=O)[C@H]12. The van der Waals surface area contributed by atoms with E-state index in [0.29, 0.717) is 30.5 Å². The van der Waals surface area contributed by atoms with Gasteiger partial charge in [-0.1, -0.05) is 117 Å². The highest BCUT2D eigenvalue weighted by Crippen LogP contribution is 2.52. The molecule has 3 N–H and O–H groups in total. The highest BCUT2D eigenvalue weighted by atomic mass is 28.4. The minimum absolute atomic E-state index is 0.171. The Morgan fingerprint density at radius 1 is 0.869 bits per heavy atom. The van der Waals surface area contributed by atoms with Crippen molar-refractivity contribution in [3.8, 4) is 5.75 Å². The van der Waals surface area contributed by atoms with Gasteiger partial charge in [-0.2, -0.15) is 0 Å². The lowest BCUT2D eigenvalue weighted by molar-refractivity contribution is -0.122. The van der Waals surface area contributed by atoms with Crippen molar-refractivity contribution in [2.45, 2.75) is 64.4 Å². The van der Waals surface area contributed by atoms with E-state index >= 15 is 0 Å². The first-order valence-corrected chi connectivity index (χ1v) is 23.0. The molecule has 0 unspecified atom stereocenters. The number of hydrogen-bond donors (Lipinski definition) is 3. The number of phenols is 1. The lowest BCUT2D eigenvalue weighted by Gasteiger charge is -2.46. The van der Waals surface area contributed by atoms with Crippen LogP contribution in [-0.4, -0.2) is 50.1 Å². The molecule has 3 aliphatic rings. The van der Waals surface area contributed by atoms with Crippen LogP contribution in [0.3, 0.4) is 0 Å². The molecule has 2 heterocycles. The molecule has 2 saturated heterocycles. The predicted octanol–water partition coefficient (Wildman–Crippen LogP) is 9.04. The average Bonchev–Trinajstić information content (AvgIpc) is 3.50. The van der Waals surface area contributed by atoms with E-state index < -0.39 is 50.9 Å². The van der Waals surface area contributed by atoms with Gasteiger partial charge in [0, 0.05) is 11.4 Å². The molecule has 61 heavy (non-hydrogen) atoms. The van der Waals surface area contributed by atoms with Crippen LogP contribution < -0.4 is 20.6 Å². The number of hydrogen-bond acceptors (Lipinski definition) is 7. The first-order chi connectivity index (χ1) is 29.3. The maximum absolute atomic E-state index is 14.7. The summed E-state index contributed by atoms with van der Waals surface area (Å²) in [5.74, 6) is -3.40. The number of imide groups is 1. The second kappa shape index (κ2) is 17.4. The largest absolute Gasteiger partial charge is 0.505 e. The van der Waals surface area contributed by atoms with Crippen molar-refractivity contribution < 1.29 is 33.2 Å². The number of para-hydroxylation sites is 1. The maximum atomic E-state index is 14.7. The number of fused-ring (bicyclic) bond motifs is 3. The van der Waals surface area contributed by atoms with E-state index in [1.807, 2.05) is 67.6 Å². The van der Waals surface area contributed by atoms with Gasteiger partial charge in [-0.05, 0) is 119 Å². The molecule has 0 radical (unpaired) electrons. The third-order valence-electron chi connectivity index (χ3n) is 12.6. The van der Waals surface area contributed by atoms with Crippen LogP contribution >= 0.6 is 0 Å². The summed E-state index contributed by atoms with van der Waals surface area (Å²) >= 11 is 0. The van der Waals surface area contributed by atoms with Crippen LogP contribution in [0.4, 0.5) is 21.5 Å². The lowest BCUT2D eigenvalue weighted by atomic mass is 9.58. The van der Waals surface area contributed by atoms with Crippen LogP contribution in [0.2, 0.25) is 11.4 Å². The number of rotatable bonds is 12. The summed E-state index contributed by atoms with van der Waals surface area (Å²) in [4.78, 5) is 30.7. The molecule has 312 valence electrons. The Morgan fingerprint density at radius 2 is 1.48 bits per heavy atom. The predicted molar refractivity (Wildman–Crippen MR) is 243 cm³/mol. The van der Waals surface area contributed by atoms with Crippen LogP contribution in [0, 0.1) is 23.6 Å². The fourth-order valence-corrected chi connectivity index (χ4v) is 14.4. The first-order valence-electron chi connectivity index (χ1n) is 21.1. The molecule has 11 heteroatoms. The zero-order valence-electron chi connectivity index (χ0n) is 35.1. The first kappa shape index (κ1) is 42.1. The minimum Gasteiger partial charge on any atom is -0.505 e. The van der Waals surface area contributed by atoms with Gasteiger partial charge >= 0.3 is 7.12 Å². The fourth-order valence-electron chi connectivity index (χ4n) is 9.82. The van der Waals surface area contributed by atoms with E-state index in [1.165, 1.54) is 17.0 Å². The maximum Gasteiger partial charge on any atom is 0.455 e. The summed E-state index contributed by atoms with van der Waals surface area (Å²) in [5, 5.41) is 26.4. The van der Waals surface area contributed by atoms with Crippen LogP contribution in [0.1, 0.15) is 52.5 Å². The van der Waals surface area contributed by atoms with E-state index in [9.17, 15) is 24.1 Å². The van der Waals surface area contributed by atoms with E-state index in [0.717, 1.165) is 38.5 Å². The van der Waals surface area contributed by atoms with Crippen molar-refractivity contribution in [3.05, 3.63) is 162 Å². The van der Waals surface area contributed by atoms with Crippen molar-refractivity contribution in [1.82, 2.24) is 0 Å². The number of nitrogens with zero attached hydrogens (tertiary/aromatic N) is 1. The van der Waals surface area contributed by atoms with Crippen molar-refractivity contribution in [2.24, 2.45) is 17.8 Å². The van der Waals surface area contributed by atoms with Gasteiger partial charge < -0.3 is 24.5 Å². The zero-order valence-corrected chi connectivity index (χ0v) is 36.1. The van der Waals surface area contributed by atoms with Crippen molar-refractivity contribution in [2.75, 3.05) is 16.8 Å². The van der Waals surface area contributed by atoms with Gasteiger partial charge in [0.15, 0.2) is 11.6 Å². The molecule has 5 aromatic carbocycles. The fraction of sp³-hybridized carbons (Fsp3) is 0.280. The molecule has 0 bridgehead atoms. The summed E-state index contributed by atoms with van der Waals surface area (Å²) in [6.07, 6.45) is 2.83. The normalized spacial score (nSPS) is 20.8. The number of allylic oxidation sites excluding steroid dienone is 1. The lowest BCUT2D eigenvalue weighted by Crippen LogP contribution is -2.66. The molecule has 8 nitrogen and oxygen atoms in total. The van der Waals surface area contributed by atoms with Crippen molar-refractivity contribution >= 4 is 60.8 Å². The average molecular weight is 835 g/mol. The van der Waals surface area contributed by atoms with Gasteiger partial charge in [0.2, 0.25) is 11.8 Å². The van der Waals surface area contributed by atoms with Crippen LogP contribution in [-0.2, 0) is 18.7 Å². The van der Waals surface area contributed by atoms with Gasteiger partial charge in [0.1, 0.15) is 0 Å². The third-order valence-corrected chi connectivity index (χ3v) is 17.5.